The molecule has 20 heavy (non-hydrogen) atoms. The van der Waals surface area contributed by atoms with E-state index in [1.54, 1.807) is 31.4 Å². The third-order valence-corrected chi connectivity index (χ3v) is 3.52. The number of methoxy groups -OCH3 is 1. The third-order valence-electron chi connectivity index (χ3n) is 3.52. The summed E-state index contributed by atoms with van der Waals surface area (Å²) in [4.78, 5) is 20.6. The maximum Gasteiger partial charge on any atom is 0.150 e. The maximum absolute atomic E-state index is 10.4. The van der Waals surface area contributed by atoms with Crippen molar-refractivity contribution in [3.05, 3.63) is 41.5 Å². The van der Waals surface area contributed by atoms with Crippen LogP contribution in [-0.2, 0) is 4.79 Å². The fourth-order valence-corrected chi connectivity index (χ4v) is 2.19. The van der Waals surface area contributed by atoms with Gasteiger partial charge in [-0.25, -0.2) is 0 Å². The van der Waals surface area contributed by atoms with E-state index in [2.05, 4.69) is 19.9 Å². The molecule has 0 heterocycles. The molecule has 1 aliphatic carbocycles. The molecule has 108 valence electrons. The van der Waals surface area contributed by atoms with Crippen LogP contribution in [0.25, 0.3) is 0 Å². The van der Waals surface area contributed by atoms with Crippen LogP contribution in [0.2, 0.25) is 0 Å². The number of hydrogen-bond acceptors (Lipinski definition) is 3. The summed E-state index contributed by atoms with van der Waals surface area (Å²) in [6, 6.07) is 6.94. The Hall–Kier alpha value is -1.90. The van der Waals surface area contributed by atoms with E-state index in [1.807, 2.05) is 0 Å². The normalized spacial score (nSPS) is 21.1. The monoisotopic (exact) mass is 274 g/mol. The van der Waals surface area contributed by atoms with Gasteiger partial charge in [0.1, 0.15) is 18.3 Å². The summed E-state index contributed by atoms with van der Waals surface area (Å²) in [5.41, 5.74) is 2.10. The molecule has 0 aromatic heterocycles. The Bertz CT molecular complexity index is 460. The van der Waals surface area contributed by atoms with E-state index in [0.717, 1.165) is 31.2 Å². The summed E-state index contributed by atoms with van der Waals surface area (Å²) in [6.45, 7) is 4.25. The number of aldehydes is 2. The standard InChI is InChI=1S/C9H14O.C8H8O2/c1-7-3-4-9(6-10)8(2)5-7;1-10-8-4-2-7(6-9)3-5-8/h5-6,8-9H,3-4H2,1-2H3;2-6H,1H3. The average molecular weight is 274 g/mol. The van der Waals surface area contributed by atoms with Gasteiger partial charge in [0, 0.05) is 11.5 Å². The Kier molecular flexibility index (Phi) is 6.71. The van der Waals surface area contributed by atoms with Gasteiger partial charge in [0.05, 0.1) is 7.11 Å². The lowest BCUT2D eigenvalue weighted by molar-refractivity contribution is -0.112. The second-order valence-corrected chi connectivity index (χ2v) is 5.10. The van der Waals surface area contributed by atoms with Crippen molar-refractivity contribution in [1.29, 1.82) is 0 Å². The molecule has 2 unspecified atom stereocenters. The first-order valence-corrected chi connectivity index (χ1v) is 6.82. The lowest BCUT2D eigenvalue weighted by Crippen LogP contribution is -2.15. The zero-order chi connectivity index (χ0) is 15.0. The molecule has 3 nitrogen and oxygen atoms in total. The van der Waals surface area contributed by atoms with Gasteiger partial charge in [0.15, 0.2) is 0 Å². The van der Waals surface area contributed by atoms with Crippen LogP contribution in [0.15, 0.2) is 35.9 Å². The number of allylic oxidation sites excluding steroid dienone is 2. The van der Waals surface area contributed by atoms with Crippen molar-refractivity contribution < 1.29 is 14.3 Å². The smallest absolute Gasteiger partial charge is 0.150 e. The van der Waals surface area contributed by atoms with E-state index >= 15 is 0 Å². The zero-order valence-electron chi connectivity index (χ0n) is 12.3. The van der Waals surface area contributed by atoms with Gasteiger partial charge < -0.3 is 9.53 Å². The molecular weight excluding hydrogens is 252 g/mol. The molecule has 0 N–H and O–H groups in total. The van der Waals surface area contributed by atoms with Gasteiger partial charge in [-0.3, -0.25) is 4.79 Å². The van der Waals surface area contributed by atoms with E-state index < -0.39 is 0 Å². The molecule has 0 saturated carbocycles. The first kappa shape index (κ1) is 16.2. The van der Waals surface area contributed by atoms with E-state index in [1.165, 1.54) is 5.57 Å². The number of hydrogen-bond donors (Lipinski definition) is 0. The molecular formula is C17H22O3. The lowest BCUT2D eigenvalue weighted by atomic mass is 9.83. The fourth-order valence-electron chi connectivity index (χ4n) is 2.19. The molecule has 0 fully saturated rings. The van der Waals surface area contributed by atoms with E-state index in [4.69, 9.17) is 4.74 Å². The number of carbonyl (C=O) groups is 2. The first-order chi connectivity index (χ1) is 9.60. The van der Waals surface area contributed by atoms with Crippen LogP contribution in [0.3, 0.4) is 0 Å². The summed E-state index contributed by atoms with van der Waals surface area (Å²) < 4.78 is 4.90. The van der Waals surface area contributed by atoms with E-state index in [0.29, 0.717) is 11.5 Å². The minimum atomic E-state index is 0.281. The topological polar surface area (TPSA) is 43.4 Å². The number of ether oxygens (including phenoxy) is 1. The summed E-state index contributed by atoms with van der Waals surface area (Å²) in [7, 11) is 1.59. The Balaban J connectivity index is 0.000000200. The minimum Gasteiger partial charge on any atom is -0.497 e. The molecule has 0 spiro atoms. The van der Waals surface area contributed by atoms with Crippen molar-refractivity contribution >= 4 is 12.6 Å². The molecule has 2 atom stereocenters. The average Bonchev–Trinajstić information content (AvgIpc) is 2.48. The van der Waals surface area contributed by atoms with E-state index in [-0.39, 0.29) is 5.92 Å². The van der Waals surface area contributed by atoms with E-state index in [9.17, 15) is 9.59 Å². The highest BCUT2D eigenvalue weighted by molar-refractivity contribution is 5.74. The van der Waals surface area contributed by atoms with Crippen molar-refractivity contribution in [3.63, 3.8) is 0 Å². The SMILES string of the molecule is CC1=CC(C)C(C=O)CC1.COc1ccc(C=O)cc1. The zero-order valence-corrected chi connectivity index (χ0v) is 12.3. The highest BCUT2D eigenvalue weighted by Crippen LogP contribution is 2.26. The van der Waals surface area contributed by atoms with Crippen molar-refractivity contribution in [3.8, 4) is 5.75 Å². The molecule has 0 aliphatic heterocycles. The van der Waals surface area contributed by atoms with Gasteiger partial charge in [0.2, 0.25) is 0 Å². The largest absolute Gasteiger partial charge is 0.497 e. The highest BCUT2D eigenvalue weighted by atomic mass is 16.5. The number of carbonyl (C=O) groups excluding carboxylic acids is 2. The molecule has 0 amide bonds. The number of benzene rings is 1. The van der Waals surface area contributed by atoms with Gasteiger partial charge >= 0.3 is 0 Å². The third kappa shape index (κ3) is 5.00. The summed E-state index contributed by atoms with van der Waals surface area (Å²) in [6.07, 6.45) is 6.26. The Morgan fingerprint density at radius 3 is 2.30 bits per heavy atom. The van der Waals surface area contributed by atoms with Crippen LogP contribution in [-0.4, -0.2) is 19.7 Å². The van der Waals surface area contributed by atoms with Crippen LogP contribution >= 0.6 is 0 Å². The molecule has 3 heteroatoms. The number of rotatable bonds is 3. The molecule has 0 radical (unpaired) electrons. The van der Waals surface area contributed by atoms with Gasteiger partial charge in [-0.2, -0.15) is 0 Å². The highest BCUT2D eigenvalue weighted by Gasteiger charge is 2.18. The Labute approximate surface area is 120 Å². The van der Waals surface area contributed by atoms with Crippen LogP contribution in [0.1, 0.15) is 37.0 Å². The van der Waals surface area contributed by atoms with Crippen LogP contribution in [0.5, 0.6) is 5.75 Å². The molecule has 0 saturated heterocycles. The summed E-state index contributed by atoms with van der Waals surface area (Å²) in [5, 5.41) is 0. The molecule has 2 rings (SSSR count). The maximum atomic E-state index is 10.4. The van der Waals surface area contributed by atoms with Crippen LogP contribution < -0.4 is 4.74 Å². The quantitative estimate of drug-likeness (QED) is 0.623. The predicted octanol–water partition coefficient (Wildman–Crippen LogP) is 3.69. The van der Waals surface area contributed by atoms with Gasteiger partial charge in [0.25, 0.3) is 0 Å². The molecule has 1 aromatic rings. The van der Waals surface area contributed by atoms with Crippen LogP contribution in [0, 0.1) is 11.8 Å². The van der Waals surface area contributed by atoms with Gasteiger partial charge in [-0.1, -0.05) is 18.6 Å². The van der Waals surface area contributed by atoms with Crippen molar-refractivity contribution in [2.45, 2.75) is 26.7 Å². The molecule has 0 bridgehead atoms. The van der Waals surface area contributed by atoms with Crippen molar-refractivity contribution in [2.24, 2.45) is 11.8 Å². The second kappa shape index (κ2) is 8.31. The Morgan fingerprint density at radius 1 is 1.20 bits per heavy atom. The summed E-state index contributed by atoms with van der Waals surface area (Å²) >= 11 is 0. The first-order valence-electron chi connectivity index (χ1n) is 6.82. The van der Waals surface area contributed by atoms with Crippen molar-refractivity contribution in [1.82, 2.24) is 0 Å². The second-order valence-electron chi connectivity index (χ2n) is 5.10. The predicted molar refractivity (Wildman–Crippen MR) is 80.1 cm³/mol. The lowest BCUT2D eigenvalue weighted by Gasteiger charge is -2.21. The Morgan fingerprint density at radius 2 is 1.85 bits per heavy atom. The molecule has 1 aromatic carbocycles. The summed E-state index contributed by atoms with van der Waals surface area (Å²) in [5.74, 6) is 1.51. The van der Waals surface area contributed by atoms with Gasteiger partial charge in [-0.15, -0.1) is 0 Å². The minimum absolute atomic E-state index is 0.281. The van der Waals surface area contributed by atoms with Gasteiger partial charge in [-0.05, 0) is 49.9 Å². The van der Waals surface area contributed by atoms with Crippen LogP contribution in [0.4, 0.5) is 0 Å². The molecule has 1 aliphatic rings. The fraction of sp³-hybridized carbons (Fsp3) is 0.412. The van der Waals surface area contributed by atoms with Crippen molar-refractivity contribution in [2.75, 3.05) is 7.11 Å².